The van der Waals surface area contributed by atoms with E-state index in [-0.39, 0.29) is 17.6 Å². The molecule has 162 valence electrons. The molecule has 4 nitrogen and oxygen atoms in total. The van der Waals surface area contributed by atoms with Gasteiger partial charge in [0.15, 0.2) is 0 Å². The van der Waals surface area contributed by atoms with Crippen molar-refractivity contribution in [3.8, 4) is 11.3 Å². The minimum atomic E-state index is -0.784. The molecular formula is C26H21F2NO3. The van der Waals surface area contributed by atoms with Gasteiger partial charge in [0.1, 0.15) is 23.0 Å². The molecule has 1 aliphatic rings. The Morgan fingerprint density at radius 1 is 0.938 bits per heavy atom. The fraction of sp³-hybridized carbons (Fsp3) is 0.192. The summed E-state index contributed by atoms with van der Waals surface area (Å²) in [5.74, 6) is -1.29. The van der Waals surface area contributed by atoms with Gasteiger partial charge in [0, 0.05) is 25.0 Å². The molecule has 1 aromatic heterocycles. The Balaban J connectivity index is 1.33. The van der Waals surface area contributed by atoms with Gasteiger partial charge < -0.3 is 9.52 Å². The highest BCUT2D eigenvalue weighted by atomic mass is 19.1. The van der Waals surface area contributed by atoms with Crippen molar-refractivity contribution in [2.75, 3.05) is 13.1 Å². The molecule has 0 aliphatic carbocycles. The number of rotatable bonds is 6. The minimum absolute atomic E-state index is 0.258. The predicted molar refractivity (Wildman–Crippen MR) is 117 cm³/mol. The van der Waals surface area contributed by atoms with Crippen molar-refractivity contribution in [2.45, 2.75) is 13.0 Å². The maximum atomic E-state index is 14.8. The second kappa shape index (κ2) is 8.20. The van der Waals surface area contributed by atoms with E-state index in [2.05, 4.69) is 0 Å². The predicted octanol–water partition coefficient (Wildman–Crippen LogP) is 5.49. The normalized spacial score (nSPS) is 14.6. The Morgan fingerprint density at radius 2 is 1.66 bits per heavy atom. The van der Waals surface area contributed by atoms with E-state index in [0.29, 0.717) is 43.0 Å². The molecule has 0 amide bonds. The summed E-state index contributed by atoms with van der Waals surface area (Å²) in [6.45, 7) is 1.50. The molecule has 0 atom stereocenters. The summed E-state index contributed by atoms with van der Waals surface area (Å²) < 4.78 is 33.8. The van der Waals surface area contributed by atoms with E-state index in [1.807, 2.05) is 35.2 Å². The quantitative estimate of drug-likeness (QED) is 0.437. The monoisotopic (exact) mass is 433 g/mol. The fourth-order valence-corrected chi connectivity index (χ4v) is 4.14. The first-order valence-electron chi connectivity index (χ1n) is 10.5. The molecule has 1 fully saturated rings. The molecule has 5 rings (SSSR count). The van der Waals surface area contributed by atoms with Gasteiger partial charge in [0.2, 0.25) is 0 Å². The number of hydrogen-bond acceptors (Lipinski definition) is 3. The number of carbonyl (C=O) groups is 1. The number of nitrogens with zero attached hydrogens (tertiary/aromatic N) is 1. The van der Waals surface area contributed by atoms with Gasteiger partial charge in [0.25, 0.3) is 0 Å². The molecule has 0 spiro atoms. The highest BCUT2D eigenvalue weighted by Crippen LogP contribution is 2.31. The van der Waals surface area contributed by atoms with Gasteiger partial charge in [-0.25, -0.2) is 8.78 Å². The molecular weight excluding hydrogens is 412 g/mol. The summed E-state index contributed by atoms with van der Waals surface area (Å²) in [6, 6.07) is 19.1. The average Bonchev–Trinajstić information content (AvgIpc) is 3.15. The number of benzene rings is 3. The van der Waals surface area contributed by atoms with Gasteiger partial charge in [-0.05, 0) is 65.6 Å². The second-order valence-corrected chi connectivity index (χ2v) is 8.33. The van der Waals surface area contributed by atoms with Crippen molar-refractivity contribution in [2.24, 2.45) is 5.92 Å². The van der Waals surface area contributed by atoms with Crippen LogP contribution in [0.25, 0.3) is 22.3 Å². The van der Waals surface area contributed by atoms with E-state index in [9.17, 15) is 13.6 Å². The zero-order valence-electron chi connectivity index (χ0n) is 17.2. The van der Waals surface area contributed by atoms with Crippen molar-refractivity contribution in [3.05, 3.63) is 95.1 Å². The number of likely N-dealkylation sites (tertiary alicyclic amines) is 1. The Bertz CT molecular complexity index is 1290. The van der Waals surface area contributed by atoms with Gasteiger partial charge in [-0.1, -0.05) is 24.3 Å². The zero-order chi connectivity index (χ0) is 22.2. The van der Waals surface area contributed by atoms with E-state index in [4.69, 9.17) is 9.52 Å². The first-order valence-corrected chi connectivity index (χ1v) is 10.5. The summed E-state index contributed by atoms with van der Waals surface area (Å²) in [4.78, 5) is 12.9. The van der Waals surface area contributed by atoms with Crippen LogP contribution in [0.15, 0.2) is 71.1 Å². The Hall–Kier alpha value is -3.51. The third kappa shape index (κ3) is 4.14. The first kappa shape index (κ1) is 20.4. The minimum Gasteiger partial charge on any atom is -0.481 e. The molecule has 3 aromatic carbocycles. The number of carboxylic acids is 1. The van der Waals surface area contributed by atoms with E-state index in [0.717, 1.165) is 22.1 Å². The third-order valence-corrected chi connectivity index (χ3v) is 5.91. The van der Waals surface area contributed by atoms with E-state index >= 15 is 0 Å². The molecule has 0 saturated carbocycles. The summed E-state index contributed by atoms with van der Waals surface area (Å²) in [7, 11) is 0. The fourth-order valence-electron chi connectivity index (χ4n) is 4.14. The molecule has 0 radical (unpaired) electrons. The summed E-state index contributed by atoms with van der Waals surface area (Å²) in [6.07, 6.45) is 0.666. The van der Waals surface area contributed by atoms with E-state index in [1.54, 1.807) is 18.2 Å². The van der Waals surface area contributed by atoms with Gasteiger partial charge in [-0.2, -0.15) is 0 Å². The lowest BCUT2D eigenvalue weighted by Gasteiger charge is -2.36. The molecule has 0 bridgehead atoms. The van der Waals surface area contributed by atoms with Crippen LogP contribution in [0.5, 0.6) is 0 Å². The van der Waals surface area contributed by atoms with Crippen LogP contribution >= 0.6 is 0 Å². The van der Waals surface area contributed by atoms with Gasteiger partial charge in [-0.3, -0.25) is 9.69 Å². The van der Waals surface area contributed by atoms with Crippen LogP contribution < -0.4 is 0 Å². The number of fused-ring (bicyclic) bond motifs is 1. The largest absolute Gasteiger partial charge is 0.481 e. The van der Waals surface area contributed by atoms with E-state index in [1.165, 1.54) is 18.2 Å². The summed E-state index contributed by atoms with van der Waals surface area (Å²) >= 11 is 0. The van der Waals surface area contributed by atoms with Crippen molar-refractivity contribution in [1.82, 2.24) is 4.90 Å². The lowest BCUT2D eigenvalue weighted by molar-refractivity contribution is -0.147. The molecule has 1 saturated heterocycles. The van der Waals surface area contributed by atoms with Crippen LogP contribution in [-0.2, 0) is 17.8 Å². The molecule has 1 N–H and O–H groups in total. The highest BCUT2D eigenvalue weighted by Gasteiger charge is 2.32. The van der Waals surface area contributed by atoms with Crippen LogP contribution in [0, 0.1) is 17.6 Å². The average molecular weight is 433 g/mol. The topological polar surface area (TPSA) is 53.7 Å². The maximum absolute atomic E-state index is 14.8. The number of furan rings is 1. The molecule has 4 aromatic rings. The molecule has 6 heteroatoms. The molecule has 32 heavy (non-hydrogen) atoms. The Morgan fingerprint density at radius 3 is 2.38 bits per heavy atom. The Labute approximate surface area is 183 Å². The second-order valence-electron chi connectivity index (χ2n) is 8.33. The smallest absolute Gasteiger partial charge is 0.309 e. The lowest BCUT2D eigenvalue weighted by Crippen LogP contribution is -2.49. The van der Waals surface area contributed by atoms with Crippen LogP contribution in [0.4, 0.5) is 8.78 Å². The summed E-state index contributed by atoms with van der Waals surface area (Å²) in [5, 5.41) is 9.85. The standard InChI is InChI=1S/C26H21F2NO3/c27-21-5-1-16(2-6-21)9-17-4-8-24-19(10-17)12-25(32-24)22-7-3-18(11-23(22)28)13-29-14-20(15-29)26(30)31/h1-8,10-12,20H,9,13-15H2,(H,30,31). The van der Waals surface area contributed by atoms with Gasteiger partial charge in [0.05, 0.1) is 11.5 Å². The highest BCUT2D eigenvalue weighted by molar-refractivity contribution is 5.83. The van der Waals surface area contributed by atoms with Crippen molar-refractivity contribution in [1.29, 1.82) is 0 Å². The van der Waals surface area contributed by atoms with Crippen molar-refractivity contribution < 1.29 is 23.1 Å². The van der Waals surface area contributed by atoms with Crippen LogP contribution in [0.1, 0.15) is 16.7 Å². The van der Waals surface area contributed by atoms with Crippen LogP contribution in [0.2, 0.25) is 0 Å². The van der Waals surface area contributed by atoms with Crippen LogP contribution in [0.3, 0.4) is 0 Å². The lowest BCUT2D eigenvalue weighted by atomic mass is 9.99. The number of carboxylic acid groups (broad SMARTS) is 1. The Kier molecular flexibility index (Phi) is 5.23. The molecule has 0 unspecified atom stereocenters. The van der Waals surface area contributed by atoms with Crippen molar-refractivity contribution in [3.63, 3.8) is 0 Å². The number of halogens is 2. The molecule has 2 heterocycles. The van der Waals surface area contributed by atoms with Gasteiger partial charge in [-0.15, -0.1) is 0 Å². The van der Waals surface area contributed by atoms with Gasteiger partial charge >= 0.3 is 5.97 Å². The first-order chi connectivity index (χ1) is 15.4. The number of hydrogen-bond donors (Lipinski definition) is 1. The van der Waals surface area contributed by atoms with E-state index < -0.39 is 5.97 Å². The number of aliphatic carboxylic acids is 1. The zero-order valence-corrected chi connectivity index (χ0v) is 17.2. The van der Waals surface area contributed by atoms with Crippen molar-refractivity contribution >= 4 is 16.9 Å². The summed E-state index contributed by atoms with van der Waals surface area (Å²) in [5.41, 5.74) is 3.92. The third-order valence-electron chi connectivity index (χ3n) is 5.91. The maximum Gasteiger partial charge on any atom is 0.309 e. The van der Waals surface area contributed by atoms with Crippen LogP contribution in [-0.4, -0.2) is 29.1 Å². The SMILES string of the molecule is O=C(O)C1CN(Cc2ccc(-c3cc4cc(Cc5ccc(F)cc5)ccc4o3)c(F)c2)C1. The molecule has 1 aliphatic heterocycles.